The van der Waals surface area contributed by atoms with Crippen molar-refractivity contribution in [2.45, 2.75) is 4.90 Å². The van der Waals surface area contributed by atoms with E-state index in [1.165, 1.54) is 51.8 Å². The van der Waals surface area contributed by atoms with Gasteiger partial charge in [-0.2, -0.15) is 0 Å². The zero-order chi connectivity index (χ0) is 22.9. The SMILES string of the molecule is COc1ccc(C(=O)c2cc3cc(OC)cnc3n2S(=O)(=O)c2ccccc2)c(OC)c1. The topological polar surface area (TPSA) is 96.7 Å². The van der Waals surface area contributed by atoms with E-state index in [4.69, 9.17) is 14.2 Å². The van der Waals surface area contributed by atoms with Crippen LogP contribution >= 0.6 is 0 Å². The Balaban J connectivity index is 1.99. The molecule has 0 amide bonds. The van der Waals surface area contributed by atoms with E-state index in [-0.39, 0.29) is 27.5 Å². The predicted octanol–water partition coefficient (Wildman–Crippen LogP) is 3.53. The summed E-state index contributed by atoms with van der Waals surface area (Å²) in [4.78, 5) is 17.9. The van der Waals surface area contributed by atoms with E-state index < -0.39 is 15.8 Å². The van der Waals surface area contributed by atoms with Gasteiger partial charge in [-0.3, -0.25) is 4.79 Å². The minimum absolute atomic E-state index is 0.0332. The second-order valence-corrected chi connectivity index (χ2v) is 8.58. The molecular formula is C23H20N2O6S. The molecule has 0 saturated heterocycles. The van der Waals surface area contributed by atoms with Gasteiger partial charge in [-0.1, -0.05) is 18.2 Å². The largest absolute Gasteiger partial charge is 0.497 e. The Morgan fingerprint density at radius 3 is 2.25 bits per heavy atom. The Bertz CT molecular complexity index is 1410. The monoisotopic (exact) mass is 452 g/mol. The highest BCUT2D eigenvalue weighted by molar-refractivity contribution is 7.90. The van der Waals surface area contributed by atoms with Gasteiger partial charge in [0.05, 0.1) is 38.0 Å². The van der Waals surface area contributed by atoms with Gasteiger partial charge in [0.2, 0.25) is 5.78 Å². The highest BCUT2D eigenvalue weighted by Crippen LogP contribution is 2.31. The van der Waals surface area contributed by atoms with Crippen LogP contribution in [0, 0.1) is 0 Å². The number of hydrogen-bond acceptors (Lipinski definition) is 7. The van der Waals surface area contributed by atoms with Gasteiger partial charge in [-0.15, -0.1) is 0 Å². The van der Waals surface area contributed by atoms with Crippen LogP contribution in [0.3, 0.4) is 0 Å². The average Bonchev–Trinajstić information content (AvgIpc) is 3.23. The normalized spacial score (nSPS) is 11.3. The van der Waals surface area contributed by atoms with Crippen molar-refractivity contribution in [1.29, 1.82) is 0 Å². The molecule has 0 unspecified atom stereocenters. The highest BCUT2D eigenvalue weighted by Gasteiger charge is 2.29. The summed E-state index contributed by atoms with van der Waals surface area (Å²) >= 11 is 0. The lowest BCUT2D eigenvalue weighted by atomic mass is 10.1. The van der Waals surface area contributed by atoms with Crippen molar-refractivity contribution in [3.05, 3.63) is 78.1 Å². The molecule has 4 aromatic rings. The minimum Gasteiger partial charge on any atom is -0.497 e. The van der Waals surface area contributed by atoms with E-state index in [0.29, 0.717) is 16.9 Å². The van der Waals surface area contributed by atoms with Crippen LogP contribution in [0.25, 0.3) is 11.0 Å². The molecule has 0 saturated carbocycles. The molecule has 0 aliphatic rings. The number of carbonyl (C=O) groups is 1. The molecule has 0 atom stereocenters. The molecule has 2 aromatic heterocycles. The Hall–Kier alpha value is -3.85. The number of fused-ring (bicyclic) bond motifs is 1. The maximum atomic E-state index is 13.6. The third-order valence-corrected chi connectivity index (χ3v) is 6.69. The van der Waals surface area contributed by atoms with Crippen LogP contribution in [0.5, 0.6) is 17.2 Å². The fourth-order valence-corrected chi connectivity index (χ4v) is 4.87. The van der Waals surface area contributed by atoms with Crippen molar-refractivity contribution < 1.29 is 27.4 Å². The number of methoxy groups -OCH3 is 3. The first-order valence-corrected chi connectivity index (χ1v) is 11.0. The summed E-state index contributed by atoms with van der Waals surface area (Å²) in [5.41, 5.74) is 0.228. The number of carbonyl (C=O) groups excluding carboxylic acids is 1. The number of benzene rings is 2. The Morgan fingerprint density at radius 1 is 0.875 bits per heavy atom. The summed E-state index contributed by atoms with van der Waals surface area (Å²) in [5, 5.41) is 0.444. The van der Waals surface area contributed by atoms with Crippen molar-refractivity contribution >= 4 is 26.8 Å². The number of rotatable bonds is 7. The lowest BCUT2D eigenvalue weighted by molar-refractivity contribution is 0.103. The lowest BCUT2D eigenvalue weighted by Gasteiger charge is -2.13. The molecule has 0 aliphatic heterocycles. The molecule has 9 heteroatoms. The average molecular weight is 452 g/mol. The van der Waals surface area contributed by atoms with E-state index in [9.17, 15) is 13.2 Å². The summed E-state index contributed by atoms with van der Waals surface area (Å²) in [6, 6.07) is 15.7. The first-order valence-electron chi connectivity index (χ1n) is 9.53. The first-order chi connectivity index (χ1) is 15.4. The summed E-state index contributed by atoms with van der Waals surface area (Å²) < 4.78 is 43.8. The van der Waals surface area contributed by atoms with Crippen LogP contribution in [-0.2, 0) is 10.0 Å². The van der Waals surface area contributed by atoms with Gasteiger partial charge >= 0.3 is 0 Å². The molecule has 0 fully saturated rings. The zero-order valence-corrected chi connectivity index (χ0v) is 18.4. The van der Waals surface area contributed by atoms with Gasteiger partial charge in [0, 0.05) is 11.5 Å². The van der Waals surface area contributed by atoms with Crippen molar-refractivity contribution in [1.82, 2.24) is 8.96 Å². The molecule has 0 bridgehead atoms. The second-order valence-electron chi connectivity index (χ2n) is 6.80. The molecule has 4 rings (SSSR count). The van der Waals surface area contributed by atoms with Crippen molar-refractivity contribution in [3.63, 3.8) is 0 Å². The molecule has 0 N–H and O–H groups in total. The molecule has 164 valence electrons. The standard InChI is InChI=1S/C23H20N2O6S/c1-29-16-9-10-19(21(13-16)31-3)22(26)20-12-15-11-17(30-2)14-24-23(15)25(20)32(27,28)18-7-5-4-6-8-18/h4-14H,1-3H3. The molecule has 2 heterocycles. The lowest BCUT2D eigenvalue weighted by Crippen LogP contribution is -2.19. The van der Waals surface area contributed by atoms with Crippen molar-refractivity contribution in [2.75, 3.05) is 21.3 Å². The van der Waals surface area contributed by atoms with E-state index in [1.54, 1.807) is 36.4 Å². The van der Waals surface area contributed by atoms with E-state index in [0.717, 1.165) is 3.97 Å². The summed E-state index contributed by atoms with van der Waals surface area (Å²) in [5.74, 6) is 0.657. The summed E-state index contributed by atoms with van der Waals surface area (Å²) in [6.07, 6.45) is 1.40. The van der Waals surface area contributed by atoms with Gasteiger partial charge < -0.3 is 14.2 Å². The van der Waals surface area contributed by atoms with Gasteiger partial charge in [0.1, 0.15) is 22.9 Å². The maximum Gasteiger partial charge on any atom is 0.270 e. The van der Waals surface area contributed by atoms with Gasteiger partial charge in [-0.25, -0.2) is 17.4 Å². The number of nitrogens with zero attached hydrogens (tertiary/aromatic N) is 2. The van der Waals surface area contributed by atoms with Crippen LogP contribution in [0.15, 0.2) is 71.8 Å². The summed E-state index contributed by atoms with van der Waals surface area (Å²) in [6.45, 7) is 0. The first kappa shape index (κ1) is 21.4. The van der Waals surface area contributed by atoms with E-state index in [1.807, 2.05) is 0 Å². The third kappa shape index (κ3) is 3.56. The van der Waals surface area contributed by atoms with Crippen LogP contribution in [0.1, 0.15) is 16.1 Å². The van der Waals surface area contributed by atoms with Crippen LogP contribution < -0.4 is 14.2 Å². The quantitative estimate of drug-likeness (QED) is 0.396. The van der Waals surface area contributed by atoms with E-state index in [2.05, 4.69) is 4.98 Å². The van der Waals surface area contributed by atoms with Gasteiger partial charge in [0.15, 0.2) is 5.65 Å². The molecule has 8 nitrogen and oxygen atoms in total. The fraction of sp³-hybridized carbons (Fsp3) is 0.130. The Labute approximate surface area is 185 Å². The van der Waals surface area contributed by atoms with Crippen LogP contribution in [0.4, 0.5) is 0 Å². The molecule has 2 aromatic carbocycles. The smallest absolute Gasteiger partial charge is 0.270 e. The van der Waals surface area contributed by atoms with Crippen molar-refractivity contribution in [3.8, 4) is 17.2 Å². The van der Waals surface area contributed by atoms with Crippen molar-refractivity contribution in [2.24, 2.45) is 0 Å². The second kappa shape index (κ2) is 8.35. The molecular weight excluding hydrogens is 432 g/mol. The number of ketones is 1. The zero-order valence-electron chi connectivity index (χ0n) is 17.6. The number of hydrogen-bond donors (Lipinski definition) is 0. The van der Waals surface area contributed by atoms with Gasteiger partial charge in [0.25, 0.3) is 10.0 Å². The Kier molecular flexibility index (Phi) is 5.58. The third-order valence-electron chi connectivity index (χ3n) is 4.98. The van der Waals surface area contributed by atoms with E-state index >= 15 is 0 Å². The van der Waals surface area contributed by atoms with Crippen LogP contribution in [-0.4, -0.2) is 44.5 Å². The Morgan fingerprint density at radius 2 is 1.59 bits per heavy atom. The fourth-order valence-electron chi connectivity index (χ4n) is 3.38. The molecule has 0 aliphatic carbocycles. The number of pyridine rings is 1. The predicted molar refractivity (Wildman–Crippen MR) is 118 cm³/mol. The maximum absolute atomic E-state index is 13.6. The molecule has 0 radical (unpaired) electrons. The van der Waals surface area contributed by atoms with Gasteiger partial charge in [-0.05, 0) is 36.4 Å². The summed E-state index contributed by atoms with van der Waals surface area (Å²) in [7, 11) is 0.275. The highest BCUT2D eigenvalue weighted by atomic mass is 32.2. The number of aromatic nitrogens is 2. The number of ether oxygens (including phenoxy) is 3. The minimum atomic E-state index is -4.13. The van der Waals surface area contributed by atoms with Crippen LogP contribution in [0.2, 0.25) is 0 Å². The molecule has 32 heavy (non-hydrogen) atoms. The molecule has 0 spiro atoms.